The Labute approximate surface area is 170 Å². The van der Waals surface area contributed by atoms with Crippen molar-refractivity contribution in [2.45, 2.75) is 6.92 Å². The molecule has 138 valence electrons. The number of carbonyl (C=O) groups excluding carboxylic acids is 2. The molecule has 0 aromatic heterocycles. The average Bonchev–Trinajstić information content (AvgIpc) is 3.03. The molecule has 2 aromatic carbocycles. The zero-order chi connectivity index (χ0) is 19.4. The summed E-state index contributed by atoms with van der Waals surface area (Å²) >= 11 is 2.25. The van der Waals surface area contributed by atoms with Gasteiger partial charge >= 0.3 is 11.9 Å². The minimum Gasteiger partial charge on any atom is -0.482 e. The molecular weight excluding hydrogens is 461 g/mol. The van der Waals surface area contributed by atoms with Gasteiger partial charge in [0.05, 0.1) is 7.11 Å². The van der Waals surface area contributed by atoms with Crippen LogP contribution < -0.4 is 4.74 Å². The summed E-state index contributed by atoms with van der Waals surface area (Å²) in [6.45, 7) is 1.83. The molecule has 1 aliphatic rings. The van der Waals surface area contributed by atoms with E-state index in [1.165, 1.54) is 7.11 Å². The van der Waals surface area contributed by atoms with E-state index in [0.717, 1.165) is 20.3 Å². The summed E-state index contributed by atoms with van der Waals surface area (Å²) < 4.78 is 16.2. The van der Waals surface area contributed by atoms with Crippen LogP contribution in [0.2, 0.25) is 0 Å². The van der Waals surface area contributed by atoms with Crippen LogP contribution in [0, 0.1) is 10.5 Å². The molecule has 0 amide bonds. The molecule has 1 heterocycles. The normalized spacial score (nSPS) is 14.7. The van der Waals surface area contributed by atoms with Gasteiger partial charge in [0.25, 0.3) is 0 Å². The summed E-state index contributed by atoms with van der Waals surface area (Å²) in [7, 11) is 1.30. The molecular formula is C20H16INO5. The van der Waals surface area contributed by atoms with E-state index in [1.807, 2.05) is 25.1 Å². The van der Waals surface area contributed by atoms with Crippen molar-refractivity contribution in [3.63, 3.8) is 0 Å². The Morgan fingerprint density at radius 3 is 2.63 bits per heavy atom. The van der Waals surface area contributed by atoms with Gasteiger partial charge in [-0.25, -0.2) is 14.6 Å². The fourth-order valence-electron chi connectivity index (χ4n) is 2.33. The predicted octanol–water partition coefficient (Wildman–Crippen LogP) is 3.50. The smallest absolute Gasteiger partial charge is 0.363 e. The molecule has 0 saturated heterocycles. The van der Waals surface area contributed by atoms with Crippen LogP contribution in [0.3, 0.4) is 0 Å². The monoisotopic (exact) mass is 477 g/mol. The molecule has 3 rings (SSSR count). The summed E-state index contributed by atoms with van der Waals surface area (Å²) in [5.74, 6) is -0.131. The zero-order valence-electron chi connectivity index (χ0n) is 14.7. The second-order valence-electron chi connectivity index (χ2n) is 5.73. The summed E-state index contributed by atoms with van der Waals surface area (Å²) in [5, 5.41) is 0. The van der Waals surface area contributed by atoms with Crippen molar-refractivity contribution in [1.82, 2.24) is 0 Å². The number of cyclic esters (lactones) is 1. The maximum absolute atomic E-state index is 12.1. The molecule has 27 heavy (non-hydrogen) atoms. The maximum atomic E-state index is 12.1. The fraction of sp³-hybridized carbons (Fsp3) is 0.150. The molecule has 2 aromatic rings. The van der Waals surface area contributed by atoms with Gasteiger partial charge in [-0.1, -0.05) is 12.1 Å². The number of nitrogens with zero attached hydrogens (tertiary/aromatic N) is 1. The first-order chi connectivity index (χ1) is 13.0. The third-order valence-electron chi connectivity index (χ3n) is 3.79. The Kier molecular flexibility index (Phi) is 5.90. The van der Waals surface area contributed by atoms with Crippen molar-refractivity contribution in [3.05, 3.63) is 68.4 Å². The SMILES string of the molecule is COC(=O)COc1ccc(/C=C2\N=C(c3ccc(I)c(C)c3)OC2=O)cc1. The zero-order valence-corrected chi connectivity index (χ0v) is 16.8. The van der Waals surface area contributed by atoms with Gasteiger partial charge in [0.1, 0.15) is 5.75 Å². The van der Waals surface area contributed by atoms with Gasteiger partial charge in [0, 0.05) is 9.13 Å². The number of esters is 2. The van der Waals surface area contributed by atoms with Crippen molar-refractivity contribution in [1.29, 1.82) is 0 Å². The average molecular weight is 477 g/mol. The number of methoxy groups -OCH3 is 1. The van der Waals surface area contributed by atoms with Crippen molar-refractivity contribution >= 4 is 46.5 Å². The van der Waals surface area contributed by atoms with Crippen LogP contribution in [-0.2, 0) is 19.1 Å². The highest BCUT2D eigenvalue weighted by Gasteiger charge is 2.24. The lowest BCUT2D eigenvalue weighted by molar-refractivity contribution is -0.143. The molecule has 0 spiro atoms. The van der Waals surface area contributed by atoms with E-state index in [4.69, 9.17) is 9.47 Å². The number of benzene rings is 2. The Hall–Kier alpha value is -2.68. The number of ether oxygens (including phenoxy) is 3. The summed E-state index contributed by atoms with van der Waals surface area (Å²) in [6, 6.07) is 12.7. The Balaban J connectivity index is 1.76. The molecule has 0 saturated carbocycles. The minimum absolute atomic E-state index is 0.160. The van der Waals surface area contributed by atoms with E-state index in [2.05, 4.69) is 32.3 Å². The largest absolute Gasteiger partial charge is 0.482 e. The first-order valence-corrected chi connectivity index (χ1v) is 9.13. The van der Waals surface area contributed by atoms with Crippen molar-refractivity contribution in [3.8, 4) is 5.75 Å². The van der Waals surface area contributed by atoms with Gasteiger partial charge < -0.3 is 14.2 Å². The van der Waals surface area contributed by atoms with E-state index >= 15 is 0 Å². The number of hydrogen-bond acceptors (Lipinski definition) is 6. The molecule has 0 aliphatic carbocycles. The van der Waals surface area contributed by atoms with Crippen LogP contribution in [0.1, 0.15) is 16.7 Å². The van der Waals surface area contributed by atoms with Gasteiger partial charge in [-0.3, -0.25) is 0 Å². The lowest BCUT2D eigenvalue weighted by atomic mass is 10.1. The molecule has 0 fully saturated rings. The highest BCUT2D eigenvalue weighted by molar-refractivity contribution is 14.1. The second-order valence-corrected chi connectivity index (χ2v) is 6.90. The second kappa shape index (κ2) is 8.34. The van der Waals surface area contributed by atoms with Gasteiger partial charge in [0.15, 0.2) is 12.3 Å². The quantitative estimate of drug-likeness (QED) is 0.375. The number of hydrogen-bond donors (Lipinski definition) is 0. The molecule has 0 unspecified atom stereocenters. The first kappa shape index (κ1) is 19.1. The van der Waals surface area contributed by atoms with Crippen LogP contribution in [0.5, 0.6) is 5.75 Å². The van der Waals surface area contributed by atoms with Crippen molar-refractivity contribution in [2.75, 3.05) is 13.7 Å². The lowest BCUT2D eigenvalue weighted by Crippen LogP contribution is -2.12. The number of carbonyl (C=O) groups is 2. The molecule has 0 radical (unpaired) electrons. The van der Waals surface area contributed by atoms with Crippen LogP contribution >= 0.6 is 22.6 Å². The Morgan fingerprint density at radius 2 is 1.96 bits per heavy atom. The van der Waals surface area contributed by atoms with Crippen LogP contribution in [0.15, 0.2) is 53.2 Å². The van der Waals surface area contributed by atoms with Crippen molar-refractivity contribution < 1.29 is 23.8 Å². The number of aliphatic imine (C=N–C) groups is 1. The van der Waals surface area contributed by atoms with E-state index in [-0.39, 0.29) is 12.3 Å². The maximum Gasteiger partial charge on any atom is 0.363 e. The summed E-state index contributed by atoms with van der Waals surface area (Å²) in [5.41, 5.74) is 2.84. The molecule has 1 aliphatic heterocycles. The molecule has 7 heteroatoms. The third kappa shape index (κ3) is 4.73. The van der Waals surface area contributed by atoms with Gasteiger partial charge in [-0.15, -0.1) is 0 Å². The molecule has 0 bridgehead atoms. The first-order valence-electron chi connectivity index (χ1n) is 8.05. The van der Waals surface area contributed by atoms with Gasteiger partial charge in [-0.05, 0) is 77.0 Å². The highest BCUT2D eigenvalue weighted by Crippen LogP contribution is 2.22. The minimum atomic E-state index is -0.493. The Morgan fingerprint density at radius 1 is 1.22 bits per heavy atom. The van der Waals surface area contributed by atoms with E-state index in [9.17, 15) is 9.59 Å². The van der Waals surface area contributed by atoms with Crippen LogP contribution in [-0.4, -0.2) is 31.6 Å². The van der Waals surface area contributed by atoms with E-state index < -0.39 is 11.9 Å². The van der Waals surface area contributed by atoms with Gasteiger partial charge in [0.2, 0.25) is 5.90 Å². The summed E-state index contributed by atoms with van der Waals surface area (Å²) in [4.78, 5) is 27.5. The number of aryl methyl sites for hydroxylation is 1. The molecule has 6 nitrogen and oxygen atoms in total. The van der Waals surface area contributed by atoms with E-state index in [0.29, 0.717) is 11.6 Å². The van der Waals surface area contributed by atoms with Gasteiger partial charge in [-0.2, -0.15) is 0 Å². The summed E-state index contributed by atoms with van der Waals surface area (Å²) in [6.07, 6.45) is 1.64. The fourth-order valence-corrected chi connectivity index (χ4v) is 2.67. The molecule has 0 atom stereocenters. The highest BCUT2D eigenvalue weighted by atomic mass is 127. The van der Waals surface area contributed by atoms with E-state index in [1.54, 1.807) is 30.3 Å². The molecule has 0 N–H and O–H groups in total. The number of halogens is 1. The lowest BCUT2D eigenvalue weighted by Gasteiger charge is -2.04. The standard InChI is InChI=1S/C20H16INO5/c1-12-9-14(5-8-16(12)21)19-22-17(20(24)27-19)10-13-3-6-15(7-4-13)26-11-18(23)25-2/h3-10H,11H2,1-2H3/b17-10-. The topological polar surface area (TPSA) is 74.2 Å². The van der Waals surface area contributed by atoms with Crippen molar-refractivity contribution in [2.24, 2.45) is 4.99 Å². The third-order valence-corrected chi connectivity index (χ3v) is 5.00. The predicted molar refractivity (Wildman–Crippen MR) is 108 cm³/mol. The van der Waals surface area contributed by atoms with Crippen LogP contribution in [0.4, 0.5) is 0 Å². The Bertz CT molecular complexity index is 947. The van der Waals surface area contributed by atoms with Crippen LogP contribution in [0.25, 0.3) is 6.08 Å². The number of rotatable bonds is 5.